The van der Waals surface area contributed by atoms with Gasteiger partial charge >= 0.3 is 0 Å². The van der Waals surface area contributed by atoms with E-state index in [9.17, 15) is 4.79 Å². The number of likely N-dealkylation sites (tertiary alicyclic amines) is 2. The lowest BCUT2D eigenvalue weighted by molar-refractivity contribution is -0.120. The van der Waals surface area contributed by atoms with Gasteiger partial charge in [0, 0.05) is 37.2 Å². The number of aromatic nitrogens is 1. The molecule has 2 aromatic rings. The highest BCUT2D eigenvalue weighted by molar-refractivity contribution is 5.95. The summed E-state index contributed by atoms with van der Waals surface area (Å²) in [5.41, 5.74) is 2.13. The van der Waals surface area contributed by atoms with Crippen LogP contribution in [-0.2, 0) is 11.3 Å². The first kappa shape index (κ1) is 17.2. The van der Waals surface area contributed by atoms with Gasteiger partial charge in [0.05, 0.1) is 6.04 Å². The van der Waals surface area contributed by atoms with Gasteiger partial charge in [-0.3, -0.25) is 19.6 Å². The maximum absolute atomic E-state index is 12.8. The number of para-hydroxylation sites is 1. The van der Waals surface area contributed by atoms with Crippen LogP contribution in [0.15, 0.2) is 54.9 Å². The van der Waals surface area contributed by atoms with Gasteiger partial charge in [-0.1, -0.05) is 24.3 Å². The molecule has 5 heteroatoms. The van der Waals surface area contributed by atoms with E-state index in [0.29, 0.717) is 12.0 Å². The first-order valence-corrected chi connectivity index (χ1v) is 9.40. The number of pyridine rings is 1. The number of hydrogen-bond donors (Lipinski definition) is 1. The Morgan fingerprint density at radius 3 is 2.85 bits per heavy atom. The summed E-state index contributed by atoms with van der Waals surface area (Å²) < 4.78 is 0. The number of nitrogens with one attached hydrogen (secondary N) is 1. The zero-order chi connectivity index (χ0) is 17.9. The first-order valence-electron chi connectivity index (χ1n) is 9.40. The molecule has 2 aliphatic heterocycles. The van der Waals surface area contributed by atoms with Gasteiger partial charge in [-0.25, -0.2) is 0 Å². The van der Waals surface area contributed by atoms with E-state index >= 15 is 0 Å². The number of amides is 1. The number of piperidine rings is 1. The molecule has 26 heavy (non-hydrogen) atoms. The first-order chi connectivity index (χ1) is 12.7. The minimum Gasteiger partial charge on any atom is -0.325 e. The summed E-state index contributed by atoms with van der Waals surface area (Å²) >= 11 is 0. The van der Waals surface area contributed by atoms with Gasteiger partial charge in [-0.15, -0.1) is 0 Å². The van der Waals surface area contributed by atoms with Crippen LogP contribution in [0.2, 0.25) is 0 Å². The second kappa shape index (κ2) is 7.56. The molecule has 3 heterocycles. The van der Waals surface area contributed by atoms with Crippen molar-refractivity contribution in [3.8, 4) is 0 Å². The smallest absolute Gasteiger partial charge is 0.241 e. The van der Waals surface area contributed by atoms with Crippen molar-refractivity contribution in [2.75, 3.05) is 25.5 Å². The molecule has 2 saturated heterocycles. The van der Waals surface area contributed by atoms with Crippen molar-refractivity contribution in [3.63, 3.8) is 0 Å². The van der Waals surface area contributed by atoms with Crippen molar-refractivity contribution in [1.82, 2.24) is 14.8 Å². The van der Waals surface area contributed by atoms with Gasteiger partial charge < -0.3 is 5.32 Å². The molecule has 1 amide bonds. The van der Waals surface area contributed by atoms with E-state index in [0.717, 1.165) is 38.2 Å². The predicted molar refractivity (Wildman–Crippen MR) is 103 cm³/mol. The van der Waals surface area contributed by atoms with E-state index in [1.54, 1.807) is 0 Å². The van der Waals surface area contributed by atoms with E-state index in [2.05, 4.69) is 33.2 Å². The second-order valence-corrected chi connectivity index (χ2v) is 7.48. The van der Waals surface area contributed by atoms with Crippen molar-refractivity contribution >= 4 is 11.6 Å². The summed E-state index contributed by atoms with van der Waals surface area (Å²) in [6, 6.07) is 14.3. The summed E-state index contributed by atoms with van der Waals surface area (Å²) in [7, 11) is 2.11. The van der Waals surface area contributed by atoms with Crippen LogP contribution in [0, 0.1) is 5.92 Å². The number of benzene rings is 1. The molecule has 5 nitrogen and oxygen atoms in total. The molecule has 0 radical (unpaired) electrons. The third kappa shape index (κ3) is 3.64. The highest BCUT2D eigenvalue weighted by Crippen LogP contribution is 2.35. The van der Waals surface area contributed by atoms with Crippen LogP contribution in [0.3, 0.4) is 0 Å². The maximum Gasteiger partial charge on any atom is 0.241 e. The topological polar surface area (TPSA) is 48.5 Å². The molecule has 136 valence electrons. The van der Waals surface area contributed by atoms with Crippen LogP contribution in [0.1, 0.15) is 18.4 Å². The highest BCUT2D eigenvalue weighted by atomic mass is 16.2. The minimum absolute atomic E-state index is 0.0384. The number of likely N-dealkylation sites (N-methyl/N-ethyl adjacent to an activating group) is 1. The molecule has 2 aliphatic rings. The van der Waals surface area contributed by atoms with Crippen LogP contribution in [-0.4, -0.2) is 52.9 Å². The molecule has 0 aliphatic carbocycles. The lowest BCUT2D eigenvalue weighted by Crippen LogP contribution is -2.46. The van der Waals surface area contributed by atoms with Crippen molar-refractivity contribution < 1.29 is 4.79 Å². The Kier molecular flexibility index (Phi) is 5.00. The normalized spacial score (nSPS) is 26.4. The number of fused-ring (bicyclic) bond motifs is 1. The fourth-order valence-electron chi connectivity index (χ4n) is 4.48. The Balaban J connectivity index is 1.38. The minimum atomic E-state index is -0.0384. The van der Waals surface area contributed by atoms with Crippen molar-refractivity contribution in [2.45, 2.75) is 31.5 Å². The lowest BCUT2D eigenvalue weighted by atomic mass is 9.92. The largest absolute Gasteiger partial charge is 0.325 e. The number of carbonyl (C=O) groups is 1. The summed E-state index contributed by atoms with van der Waals surface area (Å²) in [6.07, 6.45) is 5.82. The summed E-state index contributed by atoms with van der Waals surface area (Å²) in [5, 5.41) is 3.07. The zero-order valence-electron chi connectivity index (χ0n) is 15.2. The Morgan fingerprint density at radius 1 is 1.23 bits per heavy atom. The maximum atomic E-state index is 12.8. The molecule has 0 saturated carbocycles. The number of carbonyl (C=O) groups excluding carboxylic acids is 1. The highest BCUT2D eigenvalue weighted by Gasteiger charge is 2.44. The van der Waals surface area contributed by atoms with Gasteiger partial charge in [0.1, 0.15) is 0 Å². The van der Waals surface area contributed by atoms with Gasteiger partial charge in [0.2, 0.25) is 5.91 Å². The van der Waals surface area contributed by atoms with E-state index in [1.807, 2.05) is 48.8 Å². The molecule has 1 aromatic heterocycles. The van der Waals surface area contributed by atoms with E-state index < -0.39 is 0 Å². The average molecular weight is 350 g/mol. The molecule has 3 atom stereocenters. The summed E-state index contributed by atoms with van der Waals surface area (Å²) in [5.74, 6) is 0.670. The molecule has 0 spiro atoms. The fourth-order valence-corrected chi connectivity index (χ4v) is 4.48. The van der Waals surface area contributed by atoms with Crippen LogP contribution in [0.5, 0.6) is 0 Å². The van der Waals surface area contributed by atoms with Crippen molar-refractivity contribution in [1.29, 1.82) is 0 Å². The Bertz CT molecular complexity index is 736. The van der Waals surface area contributed by atoms with Gasteiger partial charge in [-0.05, 0) is 56.1 Å². The summed E-state index contributed by atoms with van der Waals surface area (Å²) in [4.78, 5) is 21.8. The second-order valence-electron chi connectivity index (χ2n) is 7.48. The zero-order valence-corrected chi connectivity index (χ0v) is 15.2. The molecule has 4 rings (SSSR count). The van der Waals surface area contributed by atoms with Gasteiger partial charge in [-0.2, -0.15) is 0 Å². The van der Waals surface area contributed by atoms with E-state index in [4.69, 9.17) is 0 Å². The molecule has 1 N–H and O–H groups in total. The fraction of sp³-hybridized carbons (Fsp3) is 0.429. The van der Waals surface area contributed by atoms with E-state index in [-0.39, 0.29) is 11.9 Å². The standard InChI is InChI=1S/C21H26N4O/c1-24-19-9-11-25(14-16-6-5-10-22-13-16)15-17(19)12-20(24)21(26)23-18-7-3-2-4-8-18/h2-8,10,13,17,19-20H,9,11-12,14-15H2,1H3,(H,23,26)/t17-,19-,20-/m0/s1. The Labute approximate surface area is 155 Å². The van der Waals surface area contributed by atoms with Gasteiger partial charge in [0.15, 0.2) is 0 Å². The number of nitrogens with zero attached hydrogens (tertiary/aromatic N) is 3. The third-order valence-electron chi connectivity index (χ3n) is 5.79. The molecule has 1 aromatic carbocycles. The number of anilines is 1. The van der Waals surface area contributed by atoms with Gasteiger partial charge in [0.25, 0.3) is 0 Å². The van der Waals surface area contributed by atoms with Crippen LogP contribution in [0.4, 0.5) is 5.69 Å². The number of hydrogen-bond acceptors (Lipinski definition) is 4. The molecular formula is C21H26N4O. The molecular weight excluding hydrogens is 324 g/mol. The summed E-state index contributed by atoms with van der Waals surface area (Å²) in [6.45, 7) is 3.08. The Morgan fingerprint density at radius 2 is 2.08 bits per heavy atom. The van der Waals surface area contributed by atoms with Crippen LogP contribution in [0.25, 0.3) is 0 Å². The van der Waals surface area contributed by atoms with Crippen LogP contribution < -0.4 is 5.32 Å². The van der Waals surface area contributed by atoms with Crippen LogP contribution >= 0.6 is 0 Å². The molecule has 2 fully saturated rings. The monoisotopic (exact) mass is 350 g/mol. The van der Waals surface area contributed by atoms with Crippen molar-refractivity contribution in [2.24, 2.45) is 5.92 Å². The SMILES string of the molecule is CN1[C@H](C(=O)Nc2ccccc2)C[C@H]2CN(Cc3cccnc3)CC[C@@H]21. The molecule has 0 bridgehead atoms. The lowest BCUT2D eigenvalue weighted by Gasteiger charge is -2.37. The Hall–Kier alpha value is -2.24. The third-order valence-corrected chi connectivity index (χ3v) is 5.79. The van der Waals surface area contributed by atoms with Crippen molar-refractivity contribution in [3.05, 3.63) is 60.4 Å². The predicted octanol–water partition coefficient (Wildman–Crippen LogP) is 2.61. The quantitative estimate of drug-likeness (QED) is 0.921. The number of rotatable bonds is 4. The average Bonchev–Trinajstić information content (AvgIpc) is 3.00. The van der Waals surface area contributed by atoms with E-state index in [1.165, 1.54) is 5.56 Å². The molecule has 0 unspecified atom stereocenters.